The molecule has 2 nitrogen and oxygen atoms in total. The van der Waals surface area contributed by atoms with Gasteiger partial charge in [0.15, 0.2) is 0 Å². The quantitative estimate of drug-likeness (QED) is 0.775. The van der Waals surface area contributed by atoms with Crippen molar-refractivity contribution in [3.63, 3.8) is 0 Å². The van der Waals surface area contributed by atoms with Crippen molar-refractivity contribution in [2.45, 2.75) is 6.61 Å². The Bertz CT molecular complexity index is 547. The lowest BCUT2D eigenvalue weighted by atomic mass is 10.1. The van der Waals surface area contributed by atoms with Crippen LogP contribution in [0.1, 0.15) is 15.9 Å². The zero-order chi connectivity index (χ0) is 13.0. The van der Waals surface area contributed by atoms with E-state index in [4.69, 9.17) is 4.74 Å². The molecular formula is C14H10F2O2. The van der Waals surface area contributed by atoms with E-state index in [-0.39, 0.29) is 12.4 Å². The third-order valence-electron chi connectivity index (χ3n) is 2.33. The number of rotatable bonds is 4. The third kappa shape index (κ3) is 3.13. The van der Waals surface area contributed by atoms with Crippen LogP contribution in [0.5, 0.6) is 5.75 Å². The van der Waals surface area contributed by atoms with Crippen LogP contribution in [0.25, 0.3) is 0 Å². The molecular weight excluding hydrogens is 238 g/mol. The molecule has 0 bridgehead atoms. The monoisotopic (exact) mass is 248 g/mol. The highest BCUT2D eigenvalue weighted by molar-refractivity contribution is 5.74. The molecule has 4 heteroatoms. The maximum atomic E-state index is 12.9. The van der Waals surface area contributed by atoms with E-state index in [1.807, 2.05) is 0 Å². The molecule has 0 aliphatic rings. The molecule has 0 radical (unpaired) electrons. The second-order valence-electron chi connectivity index (χ2n) is 3.76. The van der Waals surface area contributed by atoms with Gasteiger partial charge in [0, 0.05) is 23.8 Å². The average Bonchev–Trinajstić information content (AvgIpc) is 2.35. The fraction of sp³-hybridized carbons (Fsp3) is 0.0714. The maximum absolute atomic E-state index is 12.9. The molecule has 0 atom stereocenters. The van der Waals surface area contributed by atoms with Gasteiger partial charge < -0.3 is 4.74 Å². The normalized spacial score (nSPS) is 10.1. The summed E-state index contributed by atoms with van der Waals surface area (Å²) in [6.45, 7) is 0.143. The van der Waals surface area contributed by atoms with Gasteiger partial charge >= 0.3 is 0 Å². The number of benzene rings is 2. The van der Waals surface area contributed by atoms with E-state index in [1.165, 1.54) is 0 Å². The summed E-state index contributed by atoms with van der Waals surface area (Å²) in [7, 11) is 0. The van der Waals surface area contributed by atoms with Gasteiger partial charge in [-0.1, -0.05) is 18.2 Å². The number of hydrogen-bond donors (Lipinski definition) is 0. The van der Waals surface area contributed by atoms with E-state index in [1.54, 1.807) is 24.3 Å². The lowest BCUT2D eigenvalue weighted by Gasteiger charge is -2.07. The van der Waals surface area contributed by atoms with Gasteiger partial charge in [0.05, 0.1) is 0 Å². The molecule has 18 heavy (non-hydrogen) atoms. The van der Waals surface area contributed by atoms with Crippen LogP contribution in [-0.4, -0.2) is 6.29 Å². The summed E-state index contributed by atoms with van der Waals surface area (Å²) in [4.78, 5) is 10.6. The predicted molar refractivity (Wildman–Crippen MR) is 62.5 cm³/mol. The Morgan fingerprint density at radius 3 is 2.44 bits per heavy atom. The average molecular weight is 248 g/mol. The van der Waals surface area contributed by atoms with Gasteiger partial charge in [0.25, 0.3) is 0 Å². The Morgan fingerprint density at radius 1 is 1.06 bits per heavy atom. The smallest absolute Gasteiger partial charge is 0.150 e. The van der Waals surface area contributed by atoms with E-state index in [0.717, 1.165) is 30.0 Å². The van der Waals surface area contributed by atoms with E-state index in [9.17, 15) is 13.6 Å². The highest BCUT2D eigenvalue weighted by Crippen LogP contribution is 2.17. The van der Waals surface area contributed by atoms with E-state index < -0.39 is 11.6 Å². The molecule has 2 rings (SSSR count). The van der Waals surface area contributed by atoms with Crippen molar-refractivity contribution in [1.29, 1.82) is 0 Å². The minimum Gasteiger partial charge on any atom is -0.489 e. The summed E-state index contributed by atoms with van der Waals surface area (Å²) >= 11 is 0. The summed E-state index contributed by atoms with van der Waals surface area (Å²) < 4.78 is 31.1. The molecule has 2 aromatic rings. The van der Waals surface area contributed by atoms with Gasteiger partial charge in [-0.2, -0.15) is 0 Å². The number of hydrogen-bond acceptors (Lipinski definition) is 2. The van der Waals surface area contributed by atoms with Crippen LogP contribution >= 0.6 is 0 Å². The largest absolute Gasteiger partial charge is 0.489 e. The van der Waals surface area contributed by atoms with Crippen LogP contribution < -0.4 is 4.74 Å². The summed E-state index contributed by atoms with van der Waals surface area (Å²) in [5.41, 5.74) is 1.28. The zero-order valence-electron chi connectivity index (χ0n) is 9.40. The predicted octanol–water partition coefficient (Wildman–Crippen LogP) is 3.36. The van der Waals surface area contributed by atoms with Crippen molar-refractivity contribution in [3.05, 3.63) is 65.2 Å². The van der Waals surface area contributed by atoms with E-state index >= 15 is 0 Å². The van der Waals surface area contributed by atoms with Crippen LogP contribution in [-0.2, 0) is 6.61 Å². The number of carbonyl (C=O) groups is 1. The minimum atomic E-state index is -0.688. The minimum absolute atomic E-state index is 0.115. The standard InChI is InChI=1S/C14H10F2O2/c15-12-5-13(16)7-14(6-12)18-9-11-3-1-2-10(4-11)8-17/h1-8H,9H2. The zero-order valence-corrected chi connectivity index (χ0v) is 9.40. The van der Waals surface area contributed by atoms with Gasteiger partial charge in [-0.25, -0.2) is 8.78 Å². The summed E-state index contributed by atoms with van der Waals surface area (Å²) in [5, 5.41) is 0. The third-order valence-corrected chi connectivity index (χ3v) is 2.33. The Hall–Kier alpha value is -2.23. The van der Waals surface area contributed by atoms with Crippen LogP contribution in [0, 0.1) is 11.6 Å². The molecule has 0 fully saturated rings. The molecule has 0 spiro atoms. The first-order valence-electron chi connectivity index (χ1n) is 5.30. The summed E-state index contributed by atoms with van der Waals surface area (Å²) in [5.74, 6) is -1.26. The number of halogens is 2. The van der Waals surface area contributed by atoms with Gasteiger partial charge in [-0.3, -0.25) is 4.79 Å². The van der Waals surface area contributed by atoms with Crippen LogP contribution in [0.3, 0.4) is 0 Å². The SMILES string of the molecule is O=Cc1cccc(COc2cc(F)cc(F)c2)c1. The highest BCUT2D eigenvalue weighted by atomic mass is 19.1. The van der Waals surface area contributed by atoms with Gasteiger partial charge in [-0.05, 0) is 11.6 Å². The van der Waals surface area contributed by atoms with Gasteiger partial charge in [0.2, 0.25) is 0 Å². The topological polar surface area (TPSA) is 26.3 Å². The van der Waals surface area contributed by atoms with Crippen molar-refractivity contribution >= 4 is 6.29 Å². The lowest BCUT2D eigenvalue weighted by Crippen LogP contribution is -1.97. The second kappa shape index (κ2) is 5.40. The molecule has 0 aliphatic heterocycles. The Labute approximate surface area is 103 Å². The molecule has 92 valence electrons. The highest BCUT2D eigenvalue weighted by Gasteiger charge is 2.02. The Morgan fingerprint density at radius 2 is 1.78 bits per heavy atom. The van der Waals surface area contributed by atoms with Gasteiger partial charge in [-0.15, -0.1) is 0 Å². The first-order valence-corrected chi connectivity index (χ1v) is 5.30. The van der Waals surface area contributed by atoms with Crippen LogP contribution in [0.2, 0.25) is 0 Å². The van der Waals surface area contributed by atoms with Crippen molar-refractivity contribution in [2.24, 2.45) is 0 Å². The van der Waals surface area contributed by atoms with Gasteiger partial charge in [0.1, 0.15) is 30.3 Å². The second-order valence-corrected chi connectivity index (χ2v) is 3.76. The fourth-order valence-corrected chi connectivity index (χ4v) is 1.53. The first-order chi connectivity index (χ1) is 8.67. The first kappa shape index (κ1) is 12.2. The van der Waals surface area contributed by atoms with E-state index in [0.29, 0.717) is 5.56 Å². The number of ether oxygens (including phenoxy) is 1. The molecule has 0 saturated carbocycles. The molecule has 2 aromatic carbocycles. The molecule has 0 heterocycles. The Balaban J connectivity index is 2.08. The molecule has 0 saturated heterocycles. The molecule has 0 unspecified atom stereocenters. The fourth-order valence-electron chi connectivity index (χ4n) is 1.53. The molecule has 0 aliphatic carbocycles. The molecule has 0 aromatic heterocycles. The number of carbonyl (C=O) groups excluding carboxylic acids is 1. The summed E-state index contributed by atoms with van der Waals surface area (Å²) in [6.07, 6.45) is 0.728. The van der Waals surface area contributed by atoms with Crippen molar-refractivity contribution < 1.29 is 18.3 Å². The van der Waals surface area contributed by atoms with Crippen molar-refractivity contribution in [3.8, 4) is 5.75 Å². The van der Waals surface area contributed by atoms with Crippen LogP contribution in [0.15, 0.2) is 42.5 Å². The van der Waals surface area contributed by atoms with Crippen LogP contribution in [0.4, 0.5) is 8.78 Å². The molecule has 0 amide bonds. The maximum Gasteiger partial charge on any atom is 0.150 e. The van der Waals surface area contributed by atoms with Crippen molar-refractivity contribution in [2.75, 3.05) is 0 Å². The van der Waals surface area contributed by atoms with Crippen molar-refractivity contribution in [1.82, 2.24) is 0 Å². The lowest BCUT2D eigenvalue weighted by molar-refractivity contribution is 0.112. The Kier molecular flexibility index (Phi) is 3.67. The molecule has 0 N–H and O–H groups in total. The van der Waals surface area contributed by atoms with E-state index in [2.05, 4.69) is 0 Å². The summed E-state index contributed by atoms with van der Waals surface area (Å²) in [6, 6.07) is 9.79. The number of aldehydes is 1.